The van der Waals surface area contributed by atoms with Crippen molar-refractivity contribution in [2.45, 2.75) is 6.92 Å². The third kappa shape index (κ3) is 1.99. The van der Waals surface area contributed by atoms with E-state index in [0.29, 0.717) is 33.2 Å². The van der Waals surface area contributed by atoms with Gasteiger partial charge in [0, 0.05) is 17.5 Å². The van der Waals surface area contributed by atoms with Crippen LogP contribution in [-0.4, -0.2) is 0 Å². The van der Waals surface area contributed by atoms with Crippen LogP contribution in [0.4, 0.5) is 10.1 Å². The van der Waals surface area contributed by atoms with Gasteiger partial charge in [0.15, 0.2) is 11.9 Å². The van der Waals surface area contributed by atoms with E-state index in [4.69, 9.17) is 11.0 Å². The fourth-order valence-electron chi connectivity index (χ4n) is 3.17. The molecule has 2 heterocycles. The molecule has 0 radical (unpaired) electrons. The number of rotatable bonds is 1. The summed E-state index contributed by atoms with van der Waals surface area (Å²) < 4.78 is 23.1. The largest absolute Gasteiger partial charge is 0.457 e. The maximum Gasteiger partial charge on any atom is 0.215 e. The molecule has 0 spiro atoms. The Labute approximate surface area is 138 Å². The zero-order valence-electron chi connectivity index (χ0n) is 13.3. The number of aryl methyl sites for hydroxylation is 2. The molecule has 0 bridgehead atoms. The summed E-state index contributed by atoms with van der Waals surface area (Å²) in [5.41, 5.74) is 3.71. The first-order valence-corrected chi connectivity index (χ1v) is 7.58. The van der Waals surface area contributed by atoms with Gasteiger partial charge in [0.2, 0.25) is 5.69 Å². The lowest BCUT2D eigenvalue weighted by atomic mass is 10.00. The van der Waals surface area contributed by atoms with Crippen LogP contribution in [0.3, 0.4) is 0 Å². The van der Waals surface area contributed by atoms with Crippen LogP contribution in [-0.2, 0) is 7.05 Å². The second-order valence-electron chi connectivity index (χ2n) is 5.85. The van der Waals surface area contributed by atoms with Gasteiger partial charge in [0.05, 0.1) is 17.5 Å². The summed E-state index contributed by atoms with van der Waals surface area (Å²) in [6.45, 7) is 8.98. The molecule has 0 unspecified atom stereocenters. The van der Waals surface area contributed by atoms with Crippen molar-refractivity contribution >= 4 is 27.6 Å². The predicted molar refractivity (Wildman–Crippen MR) is 91.3 cm³/mol. The minimum atomic E-state index is -0.291. The van der Waals surface area contributed by atoms with Gasteiger partial charge in [0.1, 0.15) is 24.0 Å². The van der Waals surface area contributed by atoms with Crippen LogP contribution in [0.1, 0.15) is 5.56 Å². The third-order valence-electron chi connectivity index (χ3n) is 4.32. The Morgan fingerprint density at radius 1 is 1.12 bits per heavy atom. The highest BCUT2D eigenvalue weighted by Crippen LogP contribution is 2.38. The zero-order chi connectivity index (χ0) is 16.8. The van der Waals surface area contributed by atoms with E-state index >= 15 is 4.39 Å². The molecule has 0 fully saturated rings. The molecule has 0 aliphatic heterocycles. The first kappa shape index (κ1) is 14.4. The average molecular weight is 317 g/mol. The van der Waals surface area contributed by atoms with Crippen molar-refractivity contribution in [1.82, 2.24) is 0 Å². The van der Waals surface area contributed by atoms with Crippen molar-refractivity contribution in [2.24, 2.45) is 7.05 Å². The van der Waals surface area contributed by atoms with Gasteiger partial charge in [-0.3, -0.25) is 0 Å². The van der Waals surface area contributed by atoms with Crippen LogP contribution in [0.2, 0.25) is 0 Å². The Hall–Kier alpha value is -3.19. The summed E-state index contributed by atoms with van der Waals surface area (Å²) in [5, 5.41) is 1.15. The molecule has 0 amide bonds. The monoisotopic (exact) mass is 317 g/mol. The summed E-state index contributed by atoms with van der Waals surface area (Å²) in [6, 6.07) is 12.7. The fourth-order valence-corrected chi connectivity index (χ4v) is 3.17. The van der Waals surface area contributed by atoms with Crippen molar-refractivity contribution in [1.29, 1.82) is 0 Å². The number of aromatic nitrogens is 1. The van der Waals surface area contributed by atoms with E-state index in [1.165, 1.54) is 0 Å². The van der Waals surface area contributed by atoms with Gasteiger partial charge in [-0.05, 0) is 30.7 Å². The molecule has 0 aliphatic rings. The van der Waals surface area contributed by atoms with Crippen molar-refractivity contribution in [3.05, 3.63) is 71.5 Å². The number of nitrogens with zero attached hydrogens (tertiary/aromatic N) is 2. The molecular weight excluding hydrogens is 303 g/mol. The SMILES string of the molecule is [C-]#[N+]c1ccc2c(c1)oc1cc(C)c(-c3cccc[n+]3C)c(F)c12. The smallest absolute Gasteiger partial charge is 0.215 e. The molecule has 4 heteroatoms. The number of benzene rings is 2. The molecule has 0 aliphatic carbocycles. The molecular formula is C20H14FN2O+. The predicted octanol–water partition coefficient (Wildman–Crippen LogP) is 5.08. The number of hydrogen-bond donors (Lipinski definition) is 0. The van der Waals surface area contributed by atoms with Gasteiger partial charge in [-0.25, -0.2) is 13.8 Å². The first-order valence-electron chi connectivity index (χ1n) is 7.58. The number of hydrogen-bond acceptors (Lipinski definition) is 1. The Bertz CT molecular complexity index is 1150. The Morgan fingerprint density at radius 2 is 1.96 bits per heavy atom. The van der Waals surface area contributed by atoms with Crippen molar-refractivity contribution in [2.75, 3.05) is 0 Å². The summed E-state index contributed by atoms with van der Waals surface area (Å²) in [4.78, 5) is 3.40. The minimum Gasteiger partial charge on any atom is -0.457 e. The maximum atomic E-state index is 15.4. The topological polar surface area (TPSA) is 21.4 Å². The van der Waals surface area contributed by atoms with E-state index in [2.05, 4.69) is 4.85 Å². The number of furan rings is 1. The summed E-state index contributed by atoms with van der Waals surface area (Å²) in [7, 11) is 1.90. The van der Waals surface area contributed by atoms with E-state index in [0.717, 1.165) is 11.3 Å². The molecule has 0 saturated carbocycles. The van der Waals surface area contributed by atoms with Crippen LogP contribution in [0, 0.1) is 19.3 Å². The van der Waals surface area contributed by atoms with Gasteiger partial charge in [-0.2, -0.15) is 0 Å². The molecule has 0 N–H and O–H groups in total. The molecule has 116 valence electrons. The van der Waals surface area contributed by atoms with Crippen molar-refractivity contribution in [3.63, 3.8) is 0 Å². The van der Waals surface area contributed by atoms with Gasteiger partial charge < -0.3 is 4.42 Å². The Kier molecular flexibility index (Phi) is 3.10. The molecule has 0 atom stereocenters. The maximum absolute atomic E-state index is 15.4. The molecule has 0 saturated heterocycles. The minimum absolute atomic E-state index is 0.291. The lowest BCUT2D eigenvalue weighted by Crippen LogP contribution is -2.30. The number of halogens is 1. The van der Waals surface area contributed by atoms with E-state index in [1.807, 2.05) is 49.0 Å². The molecule has 24 heavy (non-hydrogen) atoms. The van der Waals surface area contributed by atoms with Crippen LogP contribution < -0.4 is 4.57 Å². The molecule has 2 aromatic heterocycles. The lowest BCUT2D eigenvalue weighted by Gasteiger charge is -2.06. The molecule has 4 aromatic rings. The average Bonchev–Trinajstić information content (AvgIpc) is 2.93. The zero-order valence-corrected chi connectivity index (χ0v) is 13.3. The summed E-state index contributed by atoms with van der Waals surface area (Å²) >= 11 is 0. The second kappa shape index (κ2) is 5.17. The van der Waals surface area contributed by atoms with Crippen LogP contribution in [0.5, 0.6) is 0 Å². The summed E-state index contributed by atoms with van der Waals surface area (Å²) in [5.74, 6) is -0.291. The third-order valence-corrected chi connectivity index (χ3v) is 4.32. The van der Waals surface area contributed by atoms with E-state index in [-0.39, 0.29) is 5.82 Å². The van der Waals surface area contributed by atoms with Gasteiger partial charge >= 0.3 is 0 Å². The van der Waals surface area contributed by atoms with Crippen LogP contribution >= 0.6 is 0 Å². The normalized spacial score (nSPS) is 11.1. The standard InChI is InChI=1S/C20H14FN2O/c1-12-10-17-19(14-8-7-13(22-2)11-16(14)24-17)20(21)18(12)15-6-4-5-9-23(15)3/h4-11H,1,3H3/q+1. The Morgan fingerprint density at radius 3 is 2.71 bits per heavy atom. The quantitative estimate of drug-likeness (QED) is 0.354. The van der Waals surface area contributed by atoms with Gasteiger partial charge in [-0.15, -0.1) is 0 Å². The van der Waals surface area contributed by atoms with Gasteiger partial charge in [-0.1, -0.05) is 12.1 Å². The van der Waals surface area contributed by atoms with Crippen LogP contribution in [0.25, 0.3) is 38.0 Å². The number of pyridine rings is 1. The second-order valence-corrected chi connectivity index (χ2v) is 5.85. The Balaban J connectivity index is 2.12. The van der Waals surface area contributed by atoms with E-state index < -0.39 is 0 Å². The van der Waals surface area contributed by atoms with Crippen molar-refractivity contribution < 1.29 is 13.4 Å². The fraction of sp³-hybridized carbons (Fsp3) is 0.100. The highest BCUT2D eigenvalue weighted by molar-refractivity contribution is 6.07. The highest BCUT2D eigenvalue weighted by Gasteiger charge is 2.22. The molecule has 4 rings (SSSR count). The van der Waals surface area contributed by atoms with E-state index in [9.17, 15) is 0 Å². The summed E-state index contributed by atoms with van der Waals surface area (Å²) in [6.07, 6.45) is 1.90. The highest BCUT2D eigenvalue weighted by atomic mass is 19.1. The van der Waals surface area contributed by atoms with Crippen molar-refractivity contribution in [3.8, 4) is 11.3 Å². The van der Waals surface area contributed by atoms with Gasteiger partial charge in [0.25, 0.3) is 0 Å². The number of fused-ring (bicyclic) bond motifs is 3. The van der Waals surface area contributed by atoms with Crippen LogP contribution in [0.15, 0.2) is 53.1 Å². The van der Waals surface area contributed by atoms with E-state index in [1.54, 1.807) is 18.2 Å². The lowest BCUT2D eigenvalue weighted by molar-refractivity contribution is -0.660. The first-order chi connectivity index (χ1) is 11.6. The molecule has 3 nitrogen and oxygen atoms in total. The molecule has 2 aromatic carbocycles.